The van der Waals surface area contributed by atoms with E-state index < -0.39 is 5.97 Å². The zero-order valence-electron chi connectivity index (χ0n) is 15.7. The molecule has 0 radical (unpaired) electrons. The van der Waals surface area contributed by atoms with Crippen molar-refractivity contribution >= 4 is 28.2 Å². The van der Waals surface area contributed by atoms with E-state index in [0.717, 1.165) is 10.4 Å². The number of amides is 1. The van der Waals surface area contributed by atoms with Crippen LogP contribution in [0.25, 0.3) is 10.4 Å². The fourth-order valence-corrected chi connectivity index (χ4v) is 3.70. The number of hydrogen-bond donors (Lipinski definition) is 1. The number of hydrogen-bond acceptors (Lipinski definition) is 5. The Morgan fingerprint density at radius 3 is 2.46 bits per heavy atom. The Morgan fingerprint density at radius 2 is 1.75 bits per heavy atom. The summed E-state index contributed by atoms with van der Waals surface area (Å²) >= 11 is 1.34. The fourth-order valence-electron chi connectivity index (χ4n) is 2.66. The van der Waals surface area contributed by atoms with Crippen molar-refractivity contribution in [3.63, 3.8) is 0 Å². The Morgan fingerprint density at radius 1 is 0.964 bits per heavy atom. The number of nitrogens with one attached hydrogen (secondary N) is 1. The zero-order chi connectivity index (χ0) is 19.9. The highest BCUT2D eigenvalue weighted by atomic mass is 32.1. The van der Waals surface area contributed by atoms with Crippen molar-refractivity contribution in [1.82, 2.24) is 0 Å². The lowest BCUT2D eigenvalue weighted by molar-refractivity contribution is 0.0528. The highest BCUT2D eigenvalue weighted by Gasteiger charge is 2.20. The lowest BCUT2D eigenvalue weighted by atomic mass is 10.1. The number of thiophene rings is 1. The highest BCUT2D eigenvalue weighted by molar-refractivity contribution is 7.20. The second kappa shape index (κ2) is 9.19. The van der Waals surface area contributed by atoms with Crippen LogP contribution in [0.4, 0.5) is 5.00 Å². The maximum atomic E-state index is 12.7. The van der Waals surface area contributed by atoms with Gasteiger partial charge in [0.15, 0.2) is 0 Å². The van der Waals surface area contributed by atoms with Gasteiger partial charge in [0.25, 0.3) is 5.91 Å². The summed E-state index contributed by atoms with van der Waals surface area (Å²) in [7, 11) is 0. The lowest BCUT2D eigenvalue weighted by Crippen LogP contribution is -2.14. The summed E-state index contributed by atoms with van der Waals surface area (Å²) in [6.07, 6.45) is 0. The van der Waals surface area contributed by atoms with Crippen LogP contribution in [0.5, 0.6) is 5.75 Å². The zero-order valence-corrected chi connectivity index (χ0v) is 16.5. The molecule has 0 fully saturated rings. The molecule has 5 nitrogen and oxygen atoms in total. The maximum Gasteiger partial charge on any atom is 0.341 e. The summed E-state index contributed by atoms with van der Waals surface area (Å²) in [6, 6.07) is 18.4. The second-order valence-corrected chi connectivity index (χ2v) is 6.91. The summed E-state index contributed by atoms with van der Waals surface area (Å²) in [4.78, 5) is 26.0. The molecular weight excluding hydrogens is 374 g/mol. The maximum absolute atomic E-state index is 12.7. The summed E-state index contributed by atoms with van der Waals surface area (Å²) in [5, 5.41) is 3.31. The number of carbonyl (C=O) groups is 2. The van der Waals surface area contributed by atoms with E-state index in [1.807, 2.05) is 37.3 Å². The van der Waals surface area contributed by atoms with E-state index in [2.05, 4.69) is 5.32 Å². The van der Waals surface area contributed by atoms with Crippen LogP contribution < -0.4 is 10.1 Å². The molecule has 0 spiro atoms. The van der Waals surface area contributed by atoms with Gasteiger partial charge in [-0.25, -0.2) is 4.79 Å². The quantitative estimate of drug-likeness (QED) is 0.556. The molecule has 3 aromatic rings. The summed E-state index contributed by atoms with van der Waals surface area (Å²) in [5.41, 5.74) is 1.77. The number of rotatable bonds is 7. The van der Waals surface area contributed by atoms with E-state index in [4.69, 9.17) is 9.47 Å². The predicted molar refractivity (Wildman–Crippen MR) is 111 cm³/mol. The van der Waals surface area contributed by atoms with Crippen molar-refractivity contribution in [2.24, 2.45) is 0 Å². The predicted octanol–water partition coefficient (Wildman–Crippen LogP) is 5.24. The van der Waals surface area contributed by atoms with Gasteiger partial charge in [-0.05, 0) is 43.7 Å². The second-order valence-electron chi connectivity index (χ2n) is 5.85. The Balaban J connectivity index is 1.91. The van der Waals surface area contributed by atoms with Gasteiger partial charge in [0.1, 0.15) is 10.8 Å². The summed E-state index contributed by atoms with van der Waals surface area (Å²) in [6.45, 7) is 4.41. The molecule has 0 bridgehead atoms. The third kappa shape index (κ3) is 4.58. The minimum atomic E-state index is -0.459. The molecule has 0 aliphatic carbocycles. The smallest absolute Gasteiger partial charge is 0.341 e. The molecule has 0 atom stereocenters. The first-order valence-electron chi connectivity index (χ1n) is 9.03. The van der Waals surface area contributed by atoms with E-state index in [9.17, 15) is 9.59 Å². The Bertz CT molecular complexity index is 966. The van der Waals surface area contributed by atoms with Gasteiger partial charge in [-0.3, -0.25) is 4.79 Å². The third-order valence-corrected chi connectivity index (χ3v) is 5.02. The topological polar surface area (TPSA) is 64.6 Å². The van der Waals surface area contributed by atoms with Gasteiger partial charge < -0.3 is 14.8 Å². The van der Waals surface area contributed by atoms with Crippen molar-refractivity contribution < 1.29 is 19.1 Å². The van der Waals surface area contributed by atoms with Gasteiger partial charge in [-0.15, -0.1) is 11.3 Å². The monoisotopic (exact) mass is 395 g/mol. The van der Waals surface area contributed by atoms with Crippen molar-refractivity contribution in [1.29, 1.82) is 0 Å². The Labute approximate surface area is 167 Å². The number of carbonyl (C=O) groups excluding carboxylic acids is 2. The van der Waals surface area contributed by atoms with Gasteiger partial charge in [0.05, 0.1) is 18.8 Å². The van der Waals surface area contributed by atoms with Gasteiger partial charge in [-0.1, -0.05) is 36.4 Å². The Kier molecular flexibility index (Phi) is 6.45. The van der Waals surface area contributed by atoms with E-state index in [1.165, 1.54) is 11.3 Å². The van der Waals surface area contributed by atoms with Crippen LogP contribution >= 0.6 is 11.3 Å². The van der Waals surface area contributed by atoms with Gasteiger partial charge in [0.2, 0.25) is 0 Å². The van der Waals surface area contributed by atoms with E-state index in [1.54, 1.807) is 37.3 Å². The molecule has 144 valence electrons. The number of anilines is 1. The highest BCUT2D eigenvalue weighted by Crippen LogP contribution is 2.36. The summed E-state index contributed by atoms with van der Waals surface area (Å²) in [5.74, 6) is -0.148. The van der Waals surface area contributed by atoms with Crippen LogP contribution in [0, 0.1) is 0 Å². The van der Waals surface area contributed by atoms with E-state index >= 15 is 0 Å². The van der Waals surface area contributed by atoms with Crippen molar-refractivity contribution in [3.05, 3.63) is 71.8 Å². The first-order chi connectivity index (χ1) is 13.6. The minimum Gasteiger partial charge on any atom is -0.494 e. The molecule has 3 rings (SSSR count). The van der Waals surface area contributed by atoms with E-state index in [0.29, 0.717) is 28.5 Å². The van der Waals surface area contributed by atoms with Gasteiger partial charge in [0, 0.05) is 10.4 Å². The molecule has 0 aliphatic heterocycles. The normalized spacial score (nSPS) is 10.4. The first kappa shape index (κ1) is 19.6. The third-order valence-electron chi connectivity index (χ3n) is 3.92. The first-order valence-corrected chi connectivity index (χ1v) is 9.84. The van der Waals surface area contributed by atoms with Crippen LogP contribution in [0.3, 0.4) is 0 Å². The van der Waals surface area contributed by atoms with Crippen LogP contribution in [0.15, 0.2) is 60.7 Å². The van der Waals surface area contributed by atoms with Crippen LogP contribution in [-0.2, 0) is 4.74 Å². The van der Waals surface area contributed by atoms with E-state index in [-0.39, 0.29) is 12.5 Å². The molecule has 6 heteroatoms. The molecule has 0 saturated heterocycles. The number of esters is 1. The van der Waals surface area contributed by atoms with Gasteiger partial charge >= 0.3 is 5.97 Å². The number of ether oxygens (including phenoxy) is 2. The molecule has 1 aromatic heterocycles. The molecule has 1 N–H and O–H groups in total. The Hall–Kier alpha value is -3.12. The largest absolute Gasteiger partial charge is 0.494 e. The molecular formula is C22H21NO4S. The molecule has 1 amide bonds. The molecule has 1 heterocycles. The molecule has 0 aliphatic rings. The van der Waals surface area contributed by atoms with Crippen molar-refractivity contribution in [2.45, 2.75) is 13.8 Å². The molecule has 28 heavy (non-hydrogen) atoms. The standard InChI is InChI=1S/C22H21NO4S/c1-3-26-17-12-8-11-16(13-17)20(24)23-21-18(22(25)27-4-2)14-19(28-21)15-9-6-5-7-10-15/h5-14H,3-4H2,1-2H3,(H,23,24). The molecule has 2 aromatic carbocycles. The fraction of sp³-hybridized carbons (Fsp3) is 0.182. The average Bonchev–Trinajstić information content (AvgIpc) is 3.13. The van der Waals surface area contributed by atoms with Crippen LogP contribution in [0.1, 0.15) is 34.6 Å². The SMILES string of the molecule is CCOC(=O)c1cc(-c2ccccc2)sc1NC(=O)c1cccc(OCC)c1. The van der Waals surface area contributed by atoms with Crippen LogP contribution in [-0.4, -0.2) is 25.1 Å². The number of benzene rings is 2. The average molecular weight is 395 g/mol. The van der Waals surface area contributed by atoms with Crippen LogP contribution in [0.2, 0.25) is 0 Å². The minimum absolute atomic E-state index is 0.263. The molecule has 0 unspecified atom stereocenters. The van der Waals surface area contributed by atoms with Crippen molar-refractivity contribution in [3.8, 4) is 16.2 Å². The van der Waals surface area contributed by atoms with Gasteiger partial charge in [-0.2, -0.15) is 0 Å². The van der Waals surface area contributed by atoms with Crippen molar-refractivity contribution in [2.75, 3.05) is 18.5 Å². The lowest BCUT2D eigenvalue weighted by Gasteiger charge is -2.08. The molecule has 0 saturated carbocycles. The summed E-state index contributed by atoms with van der Waals surface area (Å²) < 4.78 is 10.6.